The molecule has 0 atom stereocenters. The highest BCUT2D eigenvalue weighted by Crippen LogP contribution is 2.15. The van der Waals surface area contributed by atoms with Gasteiger partial charge in [-0.25, -0.2) is 0 Å². The second-order valence-electron chi connectivity index (χ2n) is 5.70. The molecule has 5 nitrogen and oxygen atoms in total. The molecule has 0 bridgehead atoms. The van der Waals surface area contributed by atoms with Crippen LogP contribution in [-0.2, 0) is 4.79 Å². The summed E-state index contributed by atoms with van der Waals surface area (Å²) in [6, 6.07) is 7.73. The van der Waals surface area contributed by atoms with Crippen LogP contribution >= 0.6 is 0 Å². The molecule has 1 saturated heterocycles. The SMILES string of the molecule is CC(=O)N1CCC(NC(=O)c2cccc(N(C)C)c2)CC1. The fourth-order valence-electron chi connectivity index (χ4n) is 2.53. The summed E-state index contributed by atoms with van der Waals surface area (Å²) in [5.74, 6) is 0.0680. The van der Waals surface area contributed by atoms with E-state index in [0.29, 0.717) is 5.56 Å². The Morgan fingerprint density at radius 2 is 1.90 bits per heavy atom. The molecule has 0 saturated carbocycles. The Balaban J connectivity index is 1.93. The van der Waals surface area contributed by atoms with Gasteiger partial charge in [-0.2, -0.15) is 0 Å². The van der Waals surface area contributed by atoms with Gasteiger partial charge in [0.25, 0.3) is 5.91 Å². The van der Waals surface area contributed by atoms with Gasteiger partial charge in [0.1, 0.15) is 0 Å². The predicted octanol–water partition coefficient (Wildman–Crippen LogP) is 1.49. The first-order valence-corrected chi connectivity index (χ1v) is 7.31. The van der Waals surface area contributed by atoms with Gasteiger partial charge < -0.3 is 15.1 Å². The fraction of sp³-hybridized carbons (Fsp3) is 0.500. The number of anilines is 1. The van der Waals surface area contributed by atoms with E-state index in [1.165, 1.54) is 0 Å². The van der Waals surface area contributed by atoms with Crippen LogP contribution in [0, 0.1) is 0 Å². The zero-order valence-corrected chi connectivity index (χ0v) is 12.9. The Morgan fingerprint density at radius 1 is 1.24 bits per heavy atom. The van der Waals surface area contributed by atoms with Crippen molar-refractivity contribution in [2.24, 2.45) is 0 Å². The number of nitrogens with one attached hydrogen (secondary N) is 1. The molecule has 1 heterocycles. The molecule has 0 radical (unpaired) electrons. The summed E-state index contributed by atoms with van der Waals surface area (Å²) in [4.78, 5) is 27.4. The molecule has 0 aliphatic carbocycles. The van der Waals surface area contributed by atoms with Gasteiger partial charge in [0.2, 0.25) is 5.91 Å². The van der Waals surface area contributed by atoms with Crippen molar-refractivity contribution in [3.8, 4) is 0 Å². The van der Waals surface area contributed by atoms with Crippen molar-refractivity contribution in [3.05, 3.63) is 29.8 Å². The van der Waals surface area contributed by atoms with Gasteiger partial charge in [-0.15, -0.1) is 0 Å². The molecule has 0 spiro atoms. The number of hydrogen-bond donors (Lipinski definition) is 1. The third-order valence-electron chi connectivity index (χ3n) is 3.90. The smallest absolute Gasteiger partial charge is 0.251 e. The molecule has 1 aliphatic rings. The van der Waals surface area contributed by atoms with Gasteiger partial charge in [0, 0.05) is 51.4 Å². The van der Waals surface area contributed by atoms with E-state index in [-0.39, 0.29) is 17.9 Å². The van der Waals surface area contributed by atoms with E-state index < -0.39 is 0 Å². The van der Waals surface area contributed by atoms with Crippen LogP contribution in [0.1, 0.15) is 30.1 Å². The van der Waals surface area contributed by atoms with Crippen molar-refractivity contribution in [2.45, 2.75) is 25.8 Å². The highest BCUT2D eigenvalue weighted by atomic mass is 16.2. The van der Waals surface area contributed by atoms with Gasteiger partial charge in [-0.1, -0.05) is 6.07 Å². The average molecular weight is 289 g/mol. The zero-order chi connectivity index (χ0) is 15.4. The number of benzene rings is 1. The molecule has 114 valence electrons. The molecule has 1 fully saturated rings. The van der Waals surface area contributed by atoms with E-state index in [0.717, 1.165) is 31.6 Å². The van der Waals surface area contributed by atoms with Crippen molar-refractivity contribution >= 4 is 17.5 Å². The molecule has 21 heavy (non-hydrogen) atoms. The minimum absolute atomic E-state index is 0.0417. The summed E-state index contributed by atoms with van der Waals surface area (Å²) >= 11 is 0. The lowest BCUT2D eigenvalue weighted by molar-refractivity contribution is -0.129. The minimum atomic E-state index is -0.0417. The van der Waals surface area contributed by atoms with E-state index in [1.54, 1.807) is 6.92 Å². The van der Waals surface area contributed by atoms with Crippen LogP contribution in [-0.4, -0.2) is 49.9 Å². The summed E-state index contributed by atoms with van der Waals surface area (Å²) in [5.41, 5.74) is 1.68. The van der Waals surface area contributed by atoms with Crippen LogP contribution in [0.25, 0.3) is 0 Å². The number of nitrogens with zero attached hydrogens (tertiary/aromatic N) is 2. The Bertz CT molecular complexity index is 520. The van der Waals surface area contributed by atoms with Gasteiger partial charge in [0.05, 0.1) is 0 Å². The number of likely N-dealkylation sites (tertiary alicyclic amines) is 1. The summed E-state index contributed by atoms with van der Waals surface area (Å²) < 4.78 is 0. The summed E-state index contributed by atoms with van der Waals surface area (Å²) in [6.45, 7) is 3.03. The van der Waals surface area contributed by atoms with Crippen molar-refractivity contribution in [2.75, 3.05) is 32.1 Å². The molecular weight excluding hydrogens is 266 g/mol. The summed E-state index contributed by atoms with van der Waals surface area (Å²) in [5, 5.41) is 3.07. The zero-order valence-electron chi connectivity index (χ0n) is 12.9. The molecule has 0 unspecified atom stereocenters. The molecule has 1 aromatic carbocycles. The number of rotatable bonds is 3. The van der Waals surface area contributed by atoms with E-state index in [2.05, 4.69) is 5.32 Å². The highest BCUT2D eigenvalue weighted by Gasteiger charge is 2.22. The van der Waals surface area contributed by atoms with E-state index >= 15 is 0 Å². The van der Waals surface area contributed by atoms with Gasteiger partial charge in [-0.05, 0) is 31.0 Å². The lowest BCUT2D eigenvalue weighted by atomic mass is 10.0. The molecule has 2 amide bonds. The Labute approximate surface area is 125 Å². The van der Waals surface area contributed by atoms with Crippen LogP contribution < -0.4 is 10.2 Å². The second-order valence-corrected chi connectivity index (χ2v) is 5.70. The third kappa shape index (κ3) is 3.97. The highest BCUT2D eigenvalue weighted by molar-refractivity contribution is 5.95. The number of hydrogen-bond acceptors (Lipinski definition) is 3. The Kier molecular flexibility index (Phi) is 4.83. The van der Waals surface area contributed by atoms with Crippen molar-refractivity contribution in [1.29, 1.82) is 0 Å². The lowest BCUT2D eigenvalue weighted by Crippen LogP contribution is -2.46. The first-order chi connectivity index (χ1) is 9.97. The number of piperidine rings is 1. The maximum Gasteiger partial charge on any atom is 0.251 e. The van der Waals surface area contributed by atoms with Crippen molar-refractivity contribution in [3.63, 3.8) is 0 Å². The van der Waals surface area contributed by atoms with E-state index in [9.17, 15) is 9.59 Å². The number of amides is 2. The molecule has 1 aliphatic heterocycles. The lowest BCUT2D eigenvalue weighted by Gasteiger charge is -2.31. The van der Waals surface area contributed by atoms with Crippen LogP contribution in [0.15, 0.2) is 24.3 Å². The van der Waals surface area contributed by atoms with Crippen LogP contribution in [0.4, 0.5) is 5.69 Å². The molecule has 0 aromatic heterocycles. The molecule has 1 N–H and O–H groups in total. The van der Waals surface area contributed by atoms with Gasteiger partial charge >= 0.3 is 0 Å². The third-order valence-corrected chi connectivity index (χ3v) is 3.90. The first-order valence-electron chi connectivity index (χ1n) is 7.31. The largest absolute Gasteiger partial charge is 0.378 e. The molecular formula is C16H23N3O2. The van der Waals surface area contributed by atoms with Crippen LogP contribution in [0.5, 0.6) is 0 Å². The maximum atomic E-state index is 12.3. The van der Waals surface area contributed by atoms with Gasteiger partial charge in [-0.3, -0.25) is 9.59 Å². The maximum absolute atomic E-state index is 12.3. The number of carbonyl (C=O) groups is 2. The number of carbonyl (C=O) groups excluding carboxylic acids is 2. The van der Waals surface area contributed by atoms with Crippen LogP contribution in [0.3, 0.4) is 0 Å². The topological polar surface area (TPSA) is 52.7 Å². The minimum Gasteiger partial charge on any atom is -0.378 e. The van der Waals surface area contributed by atoms with Crippen LogP contribution in [0.2, 0.25) is 0 Å². The Hall–Kier alpha value is -2.04. The normalized spacial score (nSPS) is 15.7. The molecule has 2 rings (SSSR count). The van der Waals surface area contributed by atoms with Crippen molar-refractivity contribution < 1.29 is 9.59 Å². The fourth-order valence-corrected chi connectivity index (χ4v) is 2.53. The standard InChI is InChI=1S/C16H23N3O2/c1-12(20)19-9-7-14(8-10-19)17-16(21)13-5-4-6-15(11-13)18(2)3/h4-6,11,14H,7-10H2,1-3H3,(H,17,21). The van der Waals surface area contributed by atoms with Gasteiger partial charge in [0.15, 0.2) is 0 Å². The quantitative estimate of drug-likeness (QED) is 0.917. The average Bonchev–Trinajstić information content (AvgIpc) is 2.48. The predicted molar refractivity (Wildman–Crippen MR) is 83.5 cm³/mol. The van der Waals surface area contributed by atoms with Crippen molar-refractivity contribution in [1.82, 2.24) is 10.2 Å². The van der Waals surface area contributed by atoms with E-state index in [4.69, 9.17) is 0 Å². The second kappa shape index (κ2) is 6.61. The summed E-state index contributed by atoms with van der Waals surface area (Å²) in [7, 11) is 3.91. The molecule has 5 heteroatoms. The van der Waals surface area contributed by atoms with E-state index in [1.807, 2.05) is 48.2 Å². The summed E-state index contributed by atoms with van der Waals surface area (Å²) in [6.07, 6.45) is 1.64. The monoisotopic (exact) mass is 289 g/mol. The Morgan fingerprint density at radius 3 is 2.48 bits per heavy atom. The first kappa shape index (κ1) is 15.4. The molecule has 1 aromatic rings.